The lowest BCUT2D eigenvalue weighted by atomic mass is 10.2. The van der Waals surface area contributed by atoms with Crippen LogP contribution in [-0.2, 0) is 14.8 Å². The van der Waals surface area contributed by atoms with Crippen molar-refractivity contribution in [2.24, 2.45) is 5.14 Å². The van der Waals surface area contributed by atoms with Crippen molar-refractivity contribution in [2.45, 2.75) is 31.2 Å². The van der Waals surface area contributed by atoms with Gasteiger partial charge in [0.05, 0.1) is 0 Å². The van der Waals surface area contributed by atoms with Crippen LogP contribution in [0.1, 0.15) is 20.3 Å². The standard InChI is InChI=1S/C12H17BrN2O4S/c1-3-8(2)15-12(16)7-19-10-5-4-9(13)6-11(10)20(14,17)18/h4-6,8H,3,7H2,1-2H3,(H,15,16)(H2,14,17,18). The molecule has 0 radical (unpaired) electrons. The molecular weight excluding hydrogens is 348 g/mol. The number of nitrogens with two attached hydrogens (primary N) is 1. The van der Waals surface area contributed by atoms with Crippen molar-refractivity contribution in [3.05, 3.63) is 22.7 Å². The Morgan fingerprint density at radius 2 is 2.15 bits per heavy atom. The number of amides is 1. The van der Waals surface area contributed by atoms with Gasteiger partial charge in [0.15, 0.2) is 6.61 Å². The summed E-state index contributed by atoms with van der Waals surface area (Å²) >= 11 is 3.16. The lowest BCUT2D eigenvalue weighted by molar-refractivity contribution is -0.123. The molecule has 0 saturated heterocycles. The van der Waals surface area contributed by atoms with Gasteiger partial charge in [0.2, 0.25) is 10.0 Å². The molecule has 0 fully saturated rings. The maximum Gasteiger partial charge on any atom is 0.258 e. The Morgan fingerprint density at radius 1 is 1.50 bits per heavy atom. The number of benzene rings is 1. The first kappa shape index (κ1) is 16.9. The number of primary sulfonamides is 1. The summed E-state index contributed by atoms with van der Waals surface area (Å²) in [5.74, 6) is -0.266. The van der Waals surface area contributed by atoms with Gasteiger partial charge in [-0.3, -0.25) is 4.79 Å². The van der Waals surface area contributed by atoms with E-state index in [1.807, 2.05) is 13.8 Å². The van der Waals surface area contributed by atoms with Crippen molar-refractivity contribution >= 4 is 31.9 Å². The first-order valence-corrected chi connectivity index (χ1v) is 8.32. The van der Waals surface area contributed by atoms with Crippen LogP contribution >= 0.6 is 15.9 Å². The molecule has 1 aromatic carbocycles. The molecule has 0 aliphatic carbocycles. The van der Waals surface area contributed by atoms with Crippen molar-refractivity contribution < 1.29 is 17.9 Å². The highest BCUT2D eigenvalue weighted by Gasteiger charge is 2.17. The summed E-state index contributed by atoms with van der Waals surface area (Å²) in [7, 11) is -3.92. The molecule has 6 nitrogen and oxygen atoms in total. The lowest BCUT2D eigenvalue weighted by Crippen LogP contribution is -2.35. The number of sulfonamides is 1. The van der Waals surface area contributed by atoms with Crippen LogP contribution in [0, 0.1) is 0 Å². The van der Waals surface area contributed by atoms with E-state index in [0.29, 0.717) is 4.47 Å². The van der Waals surface area contributed by atoms with Gasteiger partial charge in [-0.1, -0.05) is 22.9 Å². The fourth-order valence-electron chi connectivity index (χ4n) is 1.39. The van der Waals surface area contributed by atoms with E-state index in [4.69, 9.17) is 9.88 Å². The second-order valence-corrected chi connectivity index (χ2v) is 6.75. The summed E-state index contributed by atoms with van der Waals surface area (Å²) < 4.78 is 28.7. The van der Waals surface area contributed by atoms with Crippen molar-refractivity contribution in [1.29, 1.82) is 0 Å². The fraction of sp³-hybridized carbons (Fsp3) is 0.417. The molecule has 112 valence electrons. The number of ether oxygens (including phenoxy) is 1. The maximum atomic E-state index is 11.6. The zero-order valence-corrected chi connectivity index (χ0v) is 13.6. The molecular formula is C12H17BrN2O4S. The number of hydrogen-bond donors (Lipinski definition) is 2. The van der Waals surface area contributed by atoms with E-state index in [2.05, 4.69) is 21.2 Å². The van der Waals surface area contributed by atoms with Crippen LogP contribution in [0.15, 0.2) is 27.6 Å². The normalized spacial score (nSPS) is 12.8. The van der Waals surface area contributed by atoms with Crippen LogP contribution in [0.25, 0.3) is 0 Å². The highest BCUT2D eigenvalue weighted by molar-refractivity contribution is 9.10. The molecule has 8 heteroatoms. The molecule has 3 N–H and O–H groups in total. The van der Waals surface area contributed by atoms with E-state index in [9.17, 15) is 13.2 Å². The van der Waals surface area contributed by atoms with Crippen molar-refractivity contribution in [3.8, 4) is 5.75 Å². The Kier molecular flexibility index (Phi) is 5.97. The van der Waals surface area contributed by atoms with Gasteiger partial charge in [-0.15, -0.1) is 0 Å². The number of nitrogens with one attached hydrogen (secondary N) is 1. The summed E-state index contributed by atoms with van der Waals surface area (Å²) in [6.07, 6.45) is 0.798. The lowest BCUT2D eigenvalue weighted by Gasteiger charge is -2.13. The molecule has 0 aliphatic rings. The average molecular weight is 365 g/mol. The molecule has 0 spiro atoms. The maximum absolute atomic E-state index is 11.6. The number of rotatable bonds is 6. The van der Waals surface area contributed by atoms with Gasteiger partial charge in [-0.2, -0.15) is 0 Å². The van der Waals surface area contributed by atoms with E-state index < -0.39 is 10.0 Å². The Labute approximate surface area is 126 Å². The van der Waals surface area contributed by atoms with E-state index >= 15 is 0 Å². The Hall–Kier alpha value is -1.12. The van der Waals surface area contributed by atoms with Gasteiger partial charge in [0.25, 0.3) is 5.91 Å². The minimum Gasteiger partial charge on any atom is -0.482 e. The molecule has 20 heavy (non-hydrogen) atoms. The Bertz CT molecular complexity index is 589. The van der Waals surface area contributed by atoms with Crippen LogP contribution in [0.3, 0.4) is 0 Å². The van der Waals surface area contributed by atoms with E-state index in [1.165, 1.54) is 12.1 Å². The summed E-state index contributed by atoms with van der Waals surface area (Å²) in [5.41, 5.74) is 0. The number of carbonyl (C=O) groups is 1. The monoisotopic (exact) mass is 364 g/mol. The molecule has 1 aromatic rings. The third-order valence-electron chi connectivity index (χ3n) is 2.59. The number of halogens is 1. The van der Waals surface area contributed by atoms with Crippen LogP contribution in [-0.4, -0.2) is 27.0 Å². The molecule has 0 heterocycles. The smallest absolute Gasteiger partial charge is 0.258 e. The Morgan fingerprint density at radius 3 is 2.70 bits per heavy atom. The van der Waals surface area contributed by atoms with E-state index in [0.717, 1.165) is 6.42 Å². The number of carbonyl (C=O) groups excluding carboxylic acids is 1. The summed E-state index contributed by atoms with van der Waals surface area (Å²) in [5, 5.41) is 7.82. The van der Waals surface area contributed by atoms with Crippen LogP contribution in [0.5, 0.6) is 5.75 Å². The highest BCUT2D eigenvalue weighted by Crippen LogP contribution is 2.26. The van der Waals surface area contributed by atoms with E-state index in [1.54, 1.807) is 6.07 Å². The summed E-state index contributed by atoms with van der Waals surface area (Å²) in [4.78, 5) is 11.4. The fourth-order valence-corrected chi connectivity index (χ4v) is 2.60. The van der Waals surface area contributed by atoms with Crippen LogP contribution in [0.2, 0.25) is 0 Å². The Balaban J connectivity index is 2.81. The van der Waals surface area contributed by atoms with Gasteiger partial charge in [-0.05, 0) is 31.5 Å². The summed E-state index contributed by atoms with van der Waals surface area (Å²) in [6, 6.07) is 4.42. The van der Waals surface area contributed by atoms with Gasteiger partial charge in [-0.25, -0.2) is 13.6 Å². The van der Waals surface area contributed by atoms with Gasteiger partial charge >= 0.3 is 0 Å². The zero-order valence-electron chi connectivity index (χ0n) is 11.2. The highest BCUT2D eigenvalue weighted by atomic mass is 79.9. The average Bonchev–Trinajstić information content (AvgIpc) is 2.36. The molecule has 1 amide bonds. The number of hydrogen-bond acceptors (Lipinski definition) is 4. The van der Waals surface area contributed by atoms with Gasteiger partial charge < -0.3 is 10.1 Å². The van der Waals surface area contributed by atoms with Gasteiger partial charge in [0, 0.05) is 10.5 Å². The van der Waals surface area contributed by atoms with Crippen molar-refractivity contribution in [1.82, 2.24) is 5.32 Å². The first-order chi connectivity index (χ1) is 9.24. The second kappa shape index (κ2) is 7.05. The minimum absolute atomic E-state index is 0.0359. The quantitative estimate of drug-likeness (QED) is 0.796. The second-order valence-electron chi connectivity index (χ2n) is 4.30. The third kappa shape index (κ3) is 5.10. The predicted molar refractivity (Wildman–Crippen MR) is 78.9 cm³/mol. The van der Waals surface area contributed by atoms with Crippen LogP contribution in [0.4, 0.5) is 0 Å². The minimum atomic E-state index is -3.92. The molecule has 1 rings (SSSR count). The molecule has 0 aromatic heterocycles. The van der Waals surface area contributed by atoms with Crippen LogP contribution < -0.4 is 15.2 Å². The first-order valence-electron chi connectivity index (χ1n) is 5.98. The third-order valence-corrected chi connectivity index (χ3v) is 4.02. The molecule has 0 bridgehead atoms. The largest absolute Gasteiger partial charge is 0.482 e. The summed E-state index contributed by atoms with van der Waals surface area (Å²) in [6.45, 7) is 3.54. The molecule has 0 saturated carbocycles. The zero-order chi connectivity index (χ0) is 15.3. The van der Waals surface area contributed by atoms with Gasteiger partial charge in [0.1, 0.15) is 10.6 Å². The topological polar surface area (TPSA) is 98.5 Å². The molecule has 0 aliphatic heterocycles. The van der Waals surface area contributed by atoms with Crippen molar-refractivity contribution in [2.75, 3.05) is 6.61 Å². The molecule has 1 atom stereocenters. The van der Waals surface area contributed by atoms with Crippen molar-refractivity contribution in [3.63, 3.8) is 0 Å². The SMILES string of the molecule is CCC(C)NC(=O)COc1ccc(Br)cc1S(N)(=O)=O. The molecule has 1 unspecified atom stereocenters. The van der Waals surface area contributed by atoms with E-state index in [-0.39, 0.29) is 29.2 Å². The predicted octanol–water partition coefficient (Wildman–Crippen LogP) is 1.39.